The second-order valence-electron chi connectivity index (χ2n) is 5.94. The number of hydrogen-bond acceptors (Lipinski definition) is 7. The molecule has 136 valence electrons. The number of aromatic nitrogens is 1. The van der Waals surface area contributed by atoms with Crippen molar-refractivity contribution >= 4 is 16.9 Å². The Kier molecular flexibility index (Phi) is 4.12. The molecule has 0 bridgehead atoms. The van der Waals surface area contributed by atoms with E-state index in [-0.39, 0.29) is 29.4 Å². The first-order valence-electron chi connectivity index (χ1n) is 8.42. The van der Waals surface area contributed by atoms with E-state index in [1.807, 2.05) is 0 Å². The fourth-order valence-corrected chi connectivity index (χ4v) is 3.26. The van der Waals surface area contributed by atoms with Crippen molar-refractivity contribution in [3.63, 3.8) is 0 Å². The number of para-hydroxylation sites is 1. The first-order chi connectivity index (χ1) is 13.1. The third-order valence-electron chi connectivity index (χ3n) is 4.39. The van der Waals surface area contributed by atoms with E-state index in [1.165, 1.54) is 0 Å². The van der Waals surface area contributed by atoms with E-state index < -0.39 is 17.5 Å². The van der Waals surface area contributed by atoms with Gasteiger partial charge in [-0.15, -0.1) is 0 Å². The highest BCUT2D eigenvalue weighted by atomic mass is 16.5. The average molecular weight is 364 g/mol. The van der Waals surface area contributed by atoms with Crippen molar-refractivity contribution < 1.29 is 18.7 Å². The molecular formula is C20H16N2O5. The van der Waals surface area contributed by atoms with Crippen LogP contribution in [0.4, 0.5) is 0 Å². The maximum Gasteiger partial charge on any atom is 0.344 e. The Morgan fingerprint density at radius 3 is 2.70 bits per heavy atom. The molecule has 1 aliphatic rings. The Balaban J connectivity index is 2.04. The zero-order valence-electron chi connectivity index (χ0n) is 14.5. The lowest BCUT2D eigenvalue weighted by atomic mass is 9.83. The molecule has 1 aromatic carbocycles. The summed E-state index contributed by atoms with van der Waals surface area (Å²) in [6, 6.07) is 10.4. The highest BCUT2D eigenvalue weighted by molar-refractivity contribution is 5.94. The van der Waals surface area contributed by atoms with E-state index in [2.05, 4.69) is 4.98 Å². The standard InChI is InChI=1S/C20H16N2O5/c1-2-25-19(23)16-14(11-7-9-22-10-8-11)15-17(27-18(16)21)12-5-3-4-6-13(12)26-20(15)24/h3-10,14H,2,21H2,1H3/t14-/m1/s1. The topological polar surface area (TPSA) is 105 Å². The zero-order valence-corrected chi connectivity index (χ0v) is 14.5. The molecular weight excluding hydrogens is 348 g/mol. The first-order valence-corrected chi connectivity index (χ1v) is 8.42. The van der Waals surface area contributed by atoms with Gasteiger partial charge in [0.25, 0.3) is 0 Å². The van der Waals surface area contributed by atoms with Gasteiger partial charge in [-0.1, -0.05) is 12.1 Å². The summed E-state index contributed by atoms with van der Waals surface area (Å²) in [5.41, 5.74) is 6.81. The summed E-state index contributed by atoms with van der Waals surface area (Å²) in [6.07, 6.45) is 3.15. The molecule has 0 aliphatic carbocycles. The number of pyridine rings is 1. The van der Waals surface area contributed by atoms with Crippen LogP contribution in [0.3, 0.4) is 0 Å². The summed E-state index contributed by atoms with van der Waals surface area (Å²) >= 11 is 0. The number of carbonyl (C=O) groups excluding carboxylic acids is 1. The van der Waals surface area contributed by atoms with Crippen LogP contribution in [0.1, 0.15) is 24.0 Å². The van der Waals surface area contributed by atoms with E-state index in [1.54, 1.807) is 55.7 Å². The molecule has 7 nitrogen and oxygen atoms in total. The average Bonchev–Trinajstić information content (AvgIpc) is 2.68. The Hall–Kier alpha value is -3.61. The molecule has 0 spiro atoms. The number of ether oxygens (including phenoxy) is 2. The Morgan fingerprint density at radius 1 is 1.22 bits per heavy atom. The van der Waals surface area contributed by atoms with E-state index in [9.17, 15) is 9.59 Å². The van der Waals surface area contributed by atoms with Crippen molar-refractivity contribution in [2.75, 3.05) is 6.61 Å². The minimum Gasteiger partial charge on any atom is -0.462 e. The first kappa shape index (κ1) is 16.8. The number of nitrogens with zero attached hydrogens (tertiary/aromatic N) is 1. The maximum atomic E-state index is 12.8. The molecule has 2 aromatic heterocycles. The summed E-state index contributed by atoms with van der Waals surface area (Å²) in [5.74, 6) is -1.24. The van der Waals surface area contributed by atoms with Crippen molar-refractivity contribution in [3.05, 3.63) is 81.8 Å². The maximum absolute atomic E-state index is 12.8. The number of rotatable bonds is 3. The SMILES string of the molecule is CCOC(=O)C1=C(N)Oc2c(c(=O)oc3ccccc23)[C@H]1c1ccncc1. The van der Waals surface area contributed by atoms with Crippen molar-refractivity contribution in [1.29, 1.82) is 0 Å². The molecule has 3 heterocycles. The van der Waals surface area contributed by atoms with E-state index in [0.717, 1.165) is 0 Å². The largest absolute Gasteiger partial charge is 0.462 e. The molecule has 0 saturated carbocycles. The molecule has 27 heavy (non-hydrogen) atoms. The van der Waals surface area contributed by atoms with Crippen LogP contribution in [-0.2, 0) is 9.53 Å². The minimum atomic E-state index is -0.781. The van der Waals surface area contributed by atoms with Crippen LogP contribution in [0.2, 0.25) is 0 Å². The molecule has 7 heteroatoms. The number of benzene rings is 1. The van der Waals surface area contributed by atoms with Gasteiger partial charge in [0.05, 0.1) is 23.5 Å². The Morgan fingerprint density at radius 2 is 1.96 bits per heavy atom. The normalized spacial score (nSPS) is 16.0. The lowest BCUT2D eigenvalue weighted by Gasteiger charge is -2.27. The lowest BCUT2D eigenvalue weighted by molar-refractivity contribution is -0.139. The van der Waals surface area contributed by atoms with Crippen LogP contribution in [0.5, 0.6) is 5.75 Å². The van der Waals surface area contributed by atoms with Crippen LogP contribution in [0, 0.1) is 0 Å². The summed E-state index contributed by atoms with van der Waals surface area (Å²) < 4.78 is 16.3. The summed E-state index contributed by atoms with van der Waals surface area (Å²) in [5, 5.41) is 0.594. The molecule has 0 amide bonds. The van der Waals surface area contributed by atoms with Crippen molar-refractivity contribution in [2.24, 2.45) is 5.73 Å². The molecule has 0 unspecified atom stereocenters. The van der Waals surface area contributed by atoms with Gasteiger partial charge in [-0.25, -0.2) is 9.59 Å². The molecule has 2 N–H and O–H groups in total. The highest BCUT2D eigenvalue weighted by Crippen LogP contribution is 2.43. The van der Waals surface area contributed by atoms with E-state index in [0.29, 0.717) is 16.5 Å². The molecule has 1 aliphatic heterocycles. The van der Waals surface area contributed by atoms with Crippen LogP contribution in [0.25, 0.3) is 11.0 Å². The zero-order chi connectivity index (χ0) is 19.0. The van der Waals surface area contributed by atoms with Crippen LogP contribution < -0.4 is 16.1 Å². The van der Waals surface area contributed by atoms with Crippen LogP contribution in [-0.4, -0.2) is 17.6 Å². The van der Waals surface area contributed by atoms with E-state index >= 15 is 0 Å². The number of carbonyl (C=O) groups is 1. The van der Waals surface area contributed by atoms with Gasteiger partial charge < -0.3 is 19.6 Å². The van der Waals surface area contributed by atoms with E-state index in [4.69, 9.17) is 19.6 Å². The molecule has 0 saturated heterocycles. The molecule has 0 radical (unpaired) electrons. The molecule has 3 aromatic rings. The van der Waals surface area contributed by atoms with Gasteiger partial charge in [-0.2, -0.15) is 0 Å². The predicted octanol–water partition coefficient (Wildman–Crippen LogP) is 2.45. The number of hydrogen-bond donors (Lipinski definition) is 1. The highest BCUT2D eigenvalue weighted by Gasteiger charge is 2.39. The van der Waals surface area contributed by atoms with Crippen LogP contribution >= 0.6 is 0 Å². The smallest absolute Gasteiger partial charge is 0.344 e. The number of esters is 1. The summed E-state index contributed by atoms with van der Waals surface area (Å²) in [6.45, 7) is 1.85. The second kappa shape index (κ2) is 6.60. The number of nitrogens with two attached hydrogens (primary N) is 1. The van der Waals surface area contributed by atoms with Crippen LogP contribution in [0.15, 0.2) is 69.5 Å². The fourth-order valence-electron chi connectivity index (χ4n) is 3.26. The minimum absolute atomic E-state index is 0.0677. The third kappa shape index (κ3) is 2.73. The lowest BCUT2D eigenvalue weighted by Crippen LogP contribution is -2.31. The third-order valence-corrected chi connectivity index (χ3v) is 4.39. The van der Waals surface area contributed by atoms with Gasteiger partial charge >= 0.3 is 11.6 Å². The molecule has 1 atom stereocenters. The second-order valence-corrected chi connectivity index (χ2v) is 5.94. The Labute approximate surface area is 154 Å². The Bertz CT molecular complexity index is 1120. The molecule has 0 fully saturated rings. The van der Waals surface area contributed by atoms with Gasteiger partial charge in [0.1, 0.15) is 11.2 Å². The van der Waals surface area contributed by atoms with Gasteiger partial charge in [0, 0.05) is 12.4 Å². The van der Waals surface area contributed by atoms with Gasteiger partial charge in [-0.05, 0) is 36.8 Å². The van der Waals surface area contributed by atoms with Crippen molar-refractivity contribution in [2.45, 2.75) is 12.8 Å². The monoisotopic (exact) mass is 364 g/mol. The summed E-state index contributed by atoms with van der Waals surface area (Å²) in [7, 11) is 0. The van der Waals surface area contributed by atoms with Gasteiger partial charge in [0.2, 0.25) is 5.88 Å². The molecule has 4 rings (SSSR count). The van der Waals surface area contributed by atoms with Crippen molar-refractivity contribution in [3.8, 4) is 5.75 Å². The quantitative estimate of drug-likeness (QED) is 0.562. The predicted molar refractivity (Wildman–Crippen MR) is 97.0 cm³/mol. The number of fused-ring (bicyclic) bond motifs is 3. The van der Waals surface area contributed by atoms with Gasteiger partial charge in [0.15, 0.2) is 5.75 Å². The van der Waals surface area contributed by atoms with Crippen molar-refractivity contribution in [1.82, 2.24) is 4.98 Å². The van der Waals surface area contributed by atoms with Gasteiger partial charge in [-0.3, -0.25) is 4.98 Å². The summed E-state index contributed by atoms with van der Waals surface area (Å²) in [4.78, 5) is 29.4. The fraction of sp³-hybridized carbons (Fsp3) is 0.150.